The van der Waals surface area contributed by atoms with Gasteiger partial charge in [0.15, 0.2) is 12.6 Å². The second-order valence-corrected chi connectivity index (χ2v) is 2.12. The molecule has 2 atom stereocenters. The Balaban J connectivity index is 0.00000121. The fraction of sp³-hybridized carbons (Fsp3) is 1.00. The van der Waals surface area contributed by atoms with E-state index in [1.54, 1.807) is 6.92 Å². The zero-order valence-corrected chi connectivity index (χ0v) is 6.61. The molecule has 6 heteroatoms. The Morgan fingerprint density at radius 3 is 2.58 bits per heavy atom. The average molecular weight is 196 g/mol. The molecule has 1 saturated heterocycles. The minimum absolute atomic E-state index is 0. The summed E-state index contributed by atoms with van der Waals surface area (Å²) >= 11 is 0. The molecule has 2 unspecified atom stereocenters. The van der Waals surface area contributed by atoms with Crippen molar-refractivity contribution in [2.24, 2.45) is 0 Å². The number of hydrogen-bond acceptors (Lipinski definition) is 5. The van der Waals surface area contributed by atoms with Crippen molar-refractivity contribution in [1.29, 1.82) is 0 Å². The molecule has 1 rings (SSSR count). The molecule has 0 saturated carbocycles. The van der Waals surface area contributed by atoms with Crippen molar-refractivity contribution >= 4 is 11.0 Å². The lowest BCUT2D eigenvalue weighted by atomic mass is 10.3. The first kappa shape index (κ1) is 12.0. The highest BCUT2D eigenvalue weighted by Gasteiger charge is 2.21. The molecule has 0 aromatic rings. The van der Waals surface area contributed by atoms with Gasteiger partial charge in [0.05, 0.1) is 13.7 Å². The molecule has 5 nitrogen and oxygen atoms in total. The SMILES string of the molecule is COOOC(C)OC1CCO1.[SiH4]. The largest absolute Gasteiger partial charge is 0.352 e. The maximum Gasteiger partial charge on any atom is 0.194 e. The maximum absolute atomic E-state index is 5.14. The van der Waals surface area contributed by atoms with Crippen LogP contribution in [0.25, 0.3) is 0 Å². The molecule has 74 valence electrons. The van der Waals surface area contributed by atoms with E-state index in [1.807, 2.05) is 0 Å². The van der Waals surface area contributed by atoms with Crippen LogP contribution in [0.2, 0.25) is 0 Å². The van der Waals surface area contributed by atoms with Gasteiger partial charge in [-0.3, -0.25) is 0 Å². The van der Waals surface area contributed by atoms with Crippen LogP contribution in [0.3, 0.4) is 0 Å². The number of hydrogen-bond donors (Lipinski definition) is 0. The third-order valence-corrected chi connectivity index (χ3v) is 1.24. The Hall–Kier alpha value is 0.0169. The molecule has 0 N–H and O–H groups in total. The topological polar surface area (TPSA) is 46.2 Å². The fourth-order valence-corrected chi connectivity index (χ4v) is 0.652. The van der Waals surface area contributed by atoms with Gasteiger partial charge in [-0.25, -0.2) is 4.89 Å². The molecule has 1 aliphatic heterocycles. The summed E-state index contributed by atoms with van der Waals surface area (Å²) in [7, 11) is 1.35. The molecule has 0 bridgehead atoms. The molecule has 1 heterocycles. The van der Waals surface area contributed by atoms with E-state index < -0.39 is 6.29 Å². The van der Waals surface area contributed by atoms with Gasteiger partial charge >= 0.3 is 0 Å². The summed E-state index contributed by atoms with van der Waals surface area (Å²) in [5.74, 6) is 0. The van der Waals surface area contributed by atoms with Crippen LogP contribution in [0.5, 0.6) is 0 Å². The number of ether oxygens (including phenoxy) is 2. The summed E-state index contributed by atoms with van der Waals surface area (Å²) < 4.78 is 10.1. The van der Waals surface area contributed by atoms with Gasteiger partial charge in [-0.1, -0.05) is 5.04 Å². The monoisotopic (exact) mass is 196 g/mol. The summed E-state index contributed by atoms with van der Waals surface area (Å²) in [6, 6.07) is 0. The van der Waals surface area contributed by atoms with Gasteiger partial charge < -0.3 is 9.47 Å². The first-order valence-corrected chi connectivity index (χ1v) is 3.46. The van der Waals surface area contributed by atoms with Crippen LogP contribution in [-0.4, -0.2) is 37.3 Å². The Morgan fingerprint density at radius 1 is 1.50 bits per heavy atom. The smallest absolute Gasteiger partial charge is 0.194 e. The Labute approximate surface area is 75.8 Å². The fourth-order valence-electron chi connectivity index (χ4n) is 0.652. The molecule has 1 aliphatic rings. The summed E-state index contributed by atoms with van der Waals surface area (Å²) in [6.45, 7) is 2.45. The minimum Gasteiger partial charge on any atom is -0.352 e. The molecular formula is C6H16O5Si. The van der Waals surface area contributed by atoms with Gasteiger partial charge in [-0.15, -0.1) is 0 Å². The summed E-state index contributed by atoms with van der Waals surface area (Å²) in [5, 5.41) is 4.18. The Kier molecular flexibility index (Phi) is 6.53. The molecule has 1 fully saturated rings. The third kappa shape index (κ3) is 4.15. The summed E-state index contributed by atoms with van der Waals surface area (Å²) in [6.07, 6.45) is 0.284. The van der Waals surface area contributed by atoms with E-state index in [0.29, 0.717) is 0 Å². The van der Waals surface area contributed by atoms with Gasteiger partial charge in [0.2, 0.25) is 0 Å². The van der Waals surface area contributed by atoms with Crippen LogP contribution in [0.4, 0.5) is 0 Å². The standard InChI is InChI=1S/C6H12O5.H4Si/c1-5(10-11-7-2)9-6-3-4-8-6;/h5-6H,3-4H2,1-2H3;1H4. The van der Waals surface area contributed by atoms with Gasteiger partial charge in [0.1, 0.15) is 0 Å². The third-order valence-electron chi connectivity index (χ3n) is 1.24. The highest BCUT2D eigenvalue weighted by molar-refractivity contribution is 5.75. The molecular weight excluding hydrogens is 180 g/mol. The van der Waals surface area contributed by atoms with Crippen LogP contribution in [0.1, 0.15) is 13.3 Å². The van der Waals surface area contributed by atoms with Crippen molar-refractivity contribution in [2.75, 3.05) is 13.7 Å². The van der Waals surface area contributed by atoms with E-state index >= 15 is 0 Å². The summed E-state index contributed by atoms with van der Waals surface area (Å²) in [4.78, 5) is 8.78. The summed E-state index contributed by atoms with van der Waals surface area (Å²) in [5.41, 5.74) is 0. The Morgan fingerprint density at radius 2 is 2.17 bits per heavy atom. The zero-order valence-electron chi connectivity index (χ0n) is 6.61. The molecule has 0 aliphatic carbocycles. The van der Waals surface area contributed by atoms with Crippen molar-refractivity contribution in [3.63, 3.8) is 0 Å². The van der Waals surface area contributed by atoms with Gasteiger partial charge in [-0.05, 0) is 17.9 Å². The lowest BCUT2D eigenvalue weighted by molar-refractivity contribution is -0.544. The van der Waals surface area contributed by atoms with Crippen molar-refractivity contribution < 1.29 is 24.3 Å². The van der Waals surface area contributed by atoms with Crippen molar-refractivity contribution in [3.05, 3.63) is 0 Å². The zero-order chi connectivity index (χ0) is 8.10. The lowest BCUT2D eigenvalue weighted by Crippen LogP contribution is -2.33. The molecule has 0 spiro atoms. The van der Waals surface area contributed by atoms with Gasteiger partial charge in [-0.2, -0.15) is 4.89 Å². The maximum atomic E-state index is 5.14. The van der Waals surface area contributed by atoms with Gasteiger partial charge in [0.25, 0.3) is 0 Å². The lowest BCUT2D eigenvalue weighted by Gasteiger charge is -2.28. The first-order chi connectivity index (χ1) is 5.33. The second-order valence-electron chi connectivity index (χ2n) is 2.12. The van der Waals surface area contributed by atoms with Crippen molar-refractivity contribution in [2.45, 2.75) is 25.9 Å². The van der Waals surface area contributed by atoms with Crippen molar-refractivity contribution in [1.82, 2.24) is 0 Å². The molecule has 0 amide bonds. The van der Waals surface area contributed by atoms with Crippen molar-refractivity contribution in [3.8, 4) is 0 Å². The van der Waals surface area contributed by atoms with Crippen LogP contribution >= 0.6 is 0 Å². The number of rotatable bonds is 5. The van der Waals surface area contributed by atoms with E-state index in [-0.39, 0.29) is 17.3 Å². The van der Waals surface area contributed by atoms with Crippen LogP contribution in [-0.2, 0) is 24.3 Å². The quantitative estimate of drug-likeness (QED) is 0.248. The normalized spacial score (nSPS) is 24.0. The molecule has 0 aromatic heterocycles. The Bertz CT molecular complexity index is 108. The highest BCUT2D eigenvalue weighted by atomic mass is 28.1. The van der Waals surface area contributed by atoms with Gasteiger partial charge in [0, 0.05) is 6.42 Å². The van der Waals surface area contributed by atoms with E-state index in [1.165, 1.54) is 7.11 Å². The molecule has 0 radical (unpaired) electrons. The predicted molar refractivity (Wildman–Crippen MR) is 45.4 cm³/mol. The highest BCUT2D eigenvalue weighted by Crippen LogP contribution is 2.14. The predicted octanol–water partition coefficient (Wildman–Crippen LogP) is -0.847. The second kappa shape index (κ2) is 6.52. The average Bonchev–Trinajstić information content (AvgIpc) is 1.93. The van der Waals surface area contributed by atoms with E-state index in [4.69, 9.17) is 9.47 Å². The van der Waals surface area contributed by atoms with Crippen LogP contribution in [0, 0.1) is 0 Å². The van der Waals surface area contributed by atoms with E-state index in [2.05, 4.69) is 14.8 Å². The van der Waals surface area contributed by atoms with E-state index in [0.717, 1.165) is 13.0 Å². The molecule has 0 aromatic carbocycles. The first-order valence-electron chi connectivity index (χ1n) is 3.46. The van der Waals surface area contributed by atoms with Crippen LogP contribution in [0.15, 0.2) is 0 Å². The van der Waals surface area contributed by atoms with E-state index in [9.17, 15) is 0 Å². The molecule has 12 heavy (non-hydrogen) atoms. The minimum atomic E-state index is -0.472. The van der Waals surface area contributed by atoms with Crippen LogP contribution < -0.4 is 0 Å².